The molecule has 0 atom stereocenters. The smallest absolute Gasteiger partial charge is 0.433 e. The zero-order valence-corrected chi connectivity index (χ0v) is 13.4. The summed E-state index contributed by atoms with van der Waals surface area (Å²) in [5.41, 5.74) is -1.09. The van der Waals surface area contributed by atoms with Gasteiger partial charge < -0.3 is 14.5 Å². The first kappa shape index (κ1) is 18.3. The van der Waals surface area contributed by atoms with E-state index < -0.39 is 11.9 Å². The lowest BCUT2D eigenvalue weighted by atomic mass is 10.2. The Bertz CT molecular complexity index is 678. The highest BCUT2D eigenvalue weighted by atomic mass is 32.2. The summed E-state index contributed by atoms with van der Waals surface area (Å²) >= 11 is 0.812. The molecule has 130 valence electrons. The fourth-order valence-corrected chi connectivity index (χ4v) is 2.35. The van der Waals surface area contributed by atoms with Crippen LogP contribution in [-0.4, -0.2) is 41.9 Å². The fourth-order valence-electron chi connectivity index (χ4n) is 1.66. The summed E-state index contributed by atoms with van der Waals surface area (Å²) in [5, 5.41) is 2.41. The number of aromatic nitrogens is 2. The highest BCUT2D eigenvalue weighted by Gasteiger charge is 2.34. The average molecular weight is 361 g/mol. The number of furan rings is 1. The lowest BCUT2D eigenvalue weighted by molar-refractivity contribution is -0.141. The number of alkyl halides is 3. The Balaban J connectivity index is 2.14. The molecular formula is C14H14F3N3O3S. The topological polar surface area (TPSA) is 77.2 Å². The van der Waals surface area contributed by atoms with Crippen molar-refractivity contribution in [1.29, 1.82) is 0 Å². The first-order valence-electron chi connectivity index (χ1n) is 6.78. The first-order valence-corrected chi connectivity index (χ1v) is 7.77. The van der Waals surface area contributed by atoms with Gasteiger partial charge >= 0.3 is 6.18 Å². The Morgan fingerprint density at radius 3 is 2.83 bits per heavy atom. The molecule has 0 aliphatic rings. The van der Waals surface area contributed by atoms with Crippen LogP contribution >= 0.6 is 11.8 Å². The van der Waals surface area contributed by atoms with Crippen LogP contribution in [0.1, 0.15) is 5.69 Å². The normalized spacial score (nSPS) is 11.5. The Morgan fingerprint density at radius 1 is 1.42 bits per heavy atom. The van der Waals surface area contributed by atoms with Gasteiger partial charge in [0.2, 0.25) is 5.91 Å². The Hall–Kier alpha value is -2.07. The monoisotopic (exact) mass is 361 g/mol. The third kappa shape index (κ3) is 5.24. The van der Waals surface area contributed by atoms with Gasteiger partial charge in [-0.1, -0.05) is 11.8 Å². The summed E-state index contributed by atoms with van der Waals surface area (Å²) < 4.78 is 48.8. The molecule has 10 heteroatoms. The summed E-state index contributed by atoms with van der Waals surface area (Å²) in [4.78, 5) is 19.1. The standard InChI is InChI=1S/C14H14F3N3O3S/c1-22-6-4-18-12(21)8-24-13-19-9(10-3-2-5-23-10)7-11(20-13)14(15,16)17/h2-3,5,7H,4,6,8H2,1H3,(H,18,21). The molecule has 0 fully saturated rings. The van der Waals surface area contributed by atoms with E-state index in [2.05, 4.69) is 15.3 Å². The highest BCUT2D eigenvalue weighted by molar-refractivity contribution is 7.99. The second-order valence-corrected chi connectivity index (χ2v) is 5.47. The second-order valence-electron chi connectivity index (χ2n) is 4.53. The fraction of sp³-hybridized carbons (Fsp3) is 0.357. The van der Waals surface area contributed by atoms with Crippen molar-refractivity contribution in [3.63, 3.8) is 0 Å². The van der Waals surface area contributed by atoms with Gasteiger partial charge in [0.15, 0.2) is 10.9 Å². The summed E-state index contributed by atoms with van der Waals surface area (Å²) in [6, 6.07) is 3.84. The van der Waals surface area contributed by atoms with E-state index in [-0.39, 0.29) is 28.3 Å². The molecule has 0 bridgehead atoms. The van der Waals surface area contributed by atoms with E-state index in [1.54, 1.807) is 6.07 Å². The molecule has 0 aliphatic carbocycles. The van der Waals surface area contributed by atoms with Crippen molar-refractivity contribution in [3.05, 3.63) is 30.2 Å². The number of thioether (sulfide) groups is 1. The molecule has 2 rings (SSSR count). The molecule has 2 aromatic rings. The Morgan fingerprint density at radius 2 is 2.21 bits per heavy atom. The lowest BCUT2D eigenvalue weighted by Gasteiger charge is -2.09. The number of methoxy groups -OCH3 is 1. The maximum Gasteiger partial charge on any atom is 0.433 e. The molecular weight excluding hydrogens is 347 g/mol. The number of nitrogens with one attached hydrogen (secondary N) is 1. The Kier molecular flexibility index (Phi) is 6.21. The van der Waals surface area contributed by atoms with E-state index in [1.807, 2.05) is 0 Å². The van der Waals surface area contributed by atoms with Gasteiger partial charge in [0.1, 0.15) is 11.4 Å². The molecule has 2 heterocycles. The van der Waals surface area contributed by atoms with Crippen LogP contribution in [0.4, 0.5) is 13.2 Å². The molecule has 0 aliphatic heterocycles. The van der Waals surface area contributed by atoms with Crippen LogP contribution in [0.15, 0.2) is 34.0 Å². The van der Waals surface area contributed by atoms with Crippen LogP contribution in [0, 0.1) is 0 Å². The van der Waals surface area contributed by atoms with Crippen molar-refractivity contribution < 1.29 is 27.1 Å². The van der Waals surface area contributed by atoms with Crippen molar-refractivity contribution >= 4 is 17.7 Å². The quantitative estimate of drug-likeness (QED) is 0.464. The molecule has 0 unspecified atom stereocenters. The molecule has 0 saturated carbocycles. The van der Waals surface area contributed by atoms with E-state index in [0.717, 1.165) is 17.8 Å². The van der Waals surface area contributed by atoms with E-state index >= 15 is 0 Å². The molecule has 0 spiro atoms. The van der Waals surface area contributed by atoms with Crippen LogP contribution in [-0.2, 0) is 15.7 Å². The van der Waals surface area contributed by atoms with Crippen molar-refractivity contribution in [2.45, 2.75) is 11.3 Å². The third-order valence-corrected chi connectivity index (χ3v) is 3.58. The number of rotatable bonds is 7. The van der Waals surface area contributed by atoms with Crippen molar-refractivity contribution in [3.8, 4) is 11.5 Å². The SMILES string of the molecule is COCCNC(=O)CSc1nc(-c2ccco2)cc(C(F)(F)F)n1. The van der Waals surface area contributed by atoms with Gasteiger partial charge in [-0.3, -0.25) is 4.79 Å². The number of nitrogens with zero attached hydrogens (tertiary/aromatic N) is 2. The number of carbonyl (C=O) groups is 1. The summed E-state index contributed by atoms with van der Waals surface area (Å²) in [6.45, 7) is 0.663. The second kappa shape index (κ2) is 8.15. The lowest BCUT2D eigenvalue weighted by Crippen LogP contribution is -2.28. The van der Waals surface area contributed by atoms with Crippen LogP contribution in [0.25, 0.3) is 11.5 Å². The first-order chi connectivity index (χ1) is 11.4. The minimum atomic E-state index is -4.62. The zero-order valence-electron chi connectivity index (χ0n) is 12.6. The molecule has 6 nitrogen and oxygen atoms in total. The summed E-state index contributed by atoms with van der Waals surface area (Å²) in [5.74, 6) is -0.269. The zero-order chi connectivity index (χ0) is 17.6. The molecule has 24 heavy (non-hydrogen) atoms. The summed E-state index contributed by atoms with van der Waals surface area (Å²) in [6.07, 6.45) is -3.29. The van der Waals surface area contributed by atoms with Gasteiger partial charge in [-0.25, -0.2) is 9.97 Å². The minimum absolute atomic E-state index is 0.00427. The Labute approximate surface area is 139 Å². The van der Waals surface area contributed by atoms with E-state index in [4.69, 9.17) is 9.15 Å². The molecule has 1 amide bonds. The summed E-state index contributed by atoms with van der Waals surface area (Å²) in [7, 11) is 1.49. The molecule has 0 radical (unpaired) electrons. The van der Waals surface area contributed by atoms with Gasteiger partial charge in [-0.2, -0.15) is 13.2 Å². The van der Waals surface area contributed by atoms with Crippen LogP contribution in [0.2, 0.25) is 0 Å². The van der Waals surface area contributed by atoms with Crippen molar-refractivity contribution in [1.82, 2.24) is 15.3 Å². The van der Waals surface area contributed by atoms with Gasteiger partial charge in [0, 0.05) is 13.7 Å². The largest absolute Gasteiger partial charge is 0.463 e. The van der Waals surface area contributed by atoms with Crippen LogP contribution in [0.3, 0.4) is 0 Å². The van der Waals surface area contributed by atoms with Gasteiger partial charge in [0.05, 0.1) is 18.6 Å². The molecule has 1 N–H and O–H groups in total. The van der Waals surface area contributed by atoms with Gasteiger partial charge in [-0.15, -0.1) is 0 Å². The predicted molar refractivity (Wildman–Crippen MR) is 80.3 cm³/mol. The van der Waals surface area contributed by atoms with Crippen LogP contribution < -0.4 is 5.32 Å². The van der Waals surface area contributed by atoms with Gasteiger partial charge in [-0.05, 0) is 18.2 Å². The average Bonchev–Trinajstić information content (AvgIpc) is 3.06. The van der Waals surface area contributed by atoms with Crippen LogP contribution in [0.5, 0.6) is 0 Å². The predicted octanol–water partition coefficient (Wildman–Crippen LogP) is 2.61. The third-order valence-electron chi connectivity index (χ3n) is 2.73. The number of hydrogen-bond acceptors (Lipinski definition) is 6. The van der Waals surface area contributed by atoms with E-state index in [9.17, 15) is 18.0 Å². The number of amides is 1. The molecule has 2 aromatic heterocycles. The van der Waals surface area contributed by atoms with E-state index in [1.165, 1.54) is 19.4 Å². The maximum atomic E-state index is 13.0. The number of carbonyl (C=O) groups excluding carboxylic acids is 1. The van der Waals surface area contributed by atoms with Crippen molar-refractivity contribution in [2.75, 3.05) is 26.0 Å². The van der Waals surface area contributed by atoms with Gasteiger partial charge in [0.25, 0.3) is 0 Å². The van der Waals surface area contributed by atoms with Crippen molar-refractivity contribution in [2.24, 2.45) is 0 Å². The minimum Gasteiger partial charge on any atom is -0.463 e. The number of ether oxygens (including phenoxy) is 1. The number of hydrogen-bond donors (Lipinski definition) is 1. The highest BCUT2D eigenvalue weighted by Crippen LogP contribution is 2.32. The van der Waals surface area contributed by atoms with E-state index in [0.29, 0.717) is 13.2 Å². The molecule has 0 saturated heterocycles. The number of halogens is 3. The molecule has 0 aromatic carbocycles. The maximum absolute atomic E-state index is 13.0.